The van der Waals surface area contributed by atoms with Gasteiger partial charge in [-0.3, -0.25) is 9.36 Å². The van der Waals surface area contributed by atoms with E-state index in [2.05, 4.69) is 32.3 Å². The minimum absolute atomic E-state index is 0.0987. The van der Waals surface area contributed by atoms with Gasteiger partial charge in [0.1, 0.15) is 6.33 Å². The molecule has 0 aliphatic carbocycles. The van der Waals surface area contributed by atoms with Crippen molar-refractivity contribution in [3.05, 3.63) is 70.9 Å². The number of piperazine rings is 1. The first kappa shape index (κ1) is 16.4. The fourth-order valence-electron chi connectivity index (χ4n) is 3.22. The number of hydrogen-bond acceptors (Lipinski definition) is 6. The molecule has 7 nitrogen and oxygen atoms in total. The molecule has 1 saturated heterocycles. The van der Waals surface area contributed by atoms with Gasteiger partial charge in [0.25, 0.3) is 5.56 Å². The number of aromatic nitrogens is 4. The first-order valence-electron chi connectivity index (χ1n) is 8.60. The molecule has 1 fully saturated rings. The van der Waals surface area contributed by atoms with Crippen LogP contribution in [0.25, 0.3) is 11.4 Å². The molecule has 3 aromatic rings. The number of rotatable bonds is 3. The second-order valence-electron chi connectivity index (χ2n) is 6.30. The fourth-order valence-corrected chi connectivity index (χ4v) is 3.22. The molecule has 0 radical (unpaired) electrons. The summed E-state index contributed by atoms with van der Waals surface area (Å²) in [5, 5.41) is 3.54. The van der Waals surface area contributed by atoms with E-state index in [-0.39, 0.29) is 11.6 Å². The van der Waals surface area contributed by atoms with Gasteiger partial charge >= 0.3 is 0 Å². The van der Waals surface area contributed by atoms with Crippen LogP contribution in [-0.4, -0.2) is 39.2 Å². The average molecular weight is 348 g/mol. The van der Waals surface area contributed by atoms with Gasteiger partial charge in [-0.25, -0.2) is 15.0 Å². The van der Waals surface area contributed by atoms with Crippen molar-refractivity contribution in [1.82, 2.24) is 24.8 Å². The van der Waals surface area contributed by atoms with Gasteiger partial charge in [-0.1, -0.05) is 30.3 Å². The highest BCUT2D eigenvalue weighted by atomic mass is 16.1. The van der Waals surface area contributed by atoms with Gasteiger partial charge in [0.15, 0.2) is 0 Å². The lowest BCUT2D eigenvalue weighted by atomic mass is 10.0. The van der Waals surface area contributed by atoms with E-state index in [1.54, 1.807) is 23.9 Å². The Hall–Kier alpha value is -3.06. The Kier molecular flexibility index (Phi) is 4.45. The summed E-state index contributed by atoms with van der Waals surface area (Å²) in [6.07, 6.45) is 3.11. The van der Waals surface area contributed by atoms with E-state index in [1.807, 2.05) is 18.2 Å². The molecule has 7 heteroatoms. The summed E-state index contributed by atoms with van der Waals surface area (Å²) in [5.41, 5.74) is 2.35. The van der Waals surface area contributed by atoms with Gasteiger partial charge in [0.2, 0.25) is 5.95 Å². The Labute approximate surface area is 151 Å². The molecule has 0 saturated carbocycles. The van der Waals surface area contributed by atoms with Crippen molar-refractivity contribution in [2.45, 2.75) is 6.04 Å². The highest BCUT2D eigenvalue weighted by Gasteiger charge is 2.24. The molecule has 1 aromatic carbocycles. The Bertz CT molecular complexity index is 941. The van der Waals surface area contributed by atoms with Crippen LogP contribution in [0.15, 0.2) is 59.8 Å². The lowest BCUT2D eigenvalue weighted by Gasteiger charge is -2.35. The molecule has 0 amide bonds. The van der Waals surface area contributed by atoms with Crippen LogP contribution in [-0.2, 0) is 7.05 Å². The van der Waals surface area contributed by atoms with Crippen LogP contribution in [0.4, 0.5) is 5.95 Å². The molecule has 1 aliphatic heterocycles. The maximum Gasteiger partial charge on any atom is 0.255 e. The van der Waals surface area contributed by atoms with E-state index < -0.39 is 0 Å². The van der Waals surface area contributed by atoms with Crippen molar-refractivity contribution >= 4 is 5.95 Å². The van der Waals surface area contributed by atoms with Crippen LogP contribution in [0.3, 0.4) is 0 Å². The van der Waals surface area contributed by atoms with E-state index >= 15 is 0 Å². The number of nitrogens with one attached hydrogen (secondary N) is 1. The Morgan fingerprint density at radius 2 is 2.00 bits per heavy atom. The maximum absolute atomic E-state index is 12.5. The summed E-state index contributed by atoms with van der Waals surface area (Å²) in [5.74, 6) is 0.661. The van der Waals surface area contributed by atoms with Gasteiger partial charge in [0, 0.05) is 45.0 Å². The van der Waals surface area contributed by atoms with Gasteiger partial charge in [-0.2, -0.15) is 0 Å². The highest BCUT2D eigenvalue weighted by Crippen LogP contribution is 2.22. The third-order valence-corrected chi connectivity index (χ3v) is 4.62. The SMILES string of the molecule is Cn1c(N2CCNC(c3ccccc3)C2)nc(-c2ccncn2)cc1=O. The van der Waals surface area contributed by atoms with Crippen molar-refractivity contribution in [3.63, 3.8) is 0 Å². The standard InChI is InChI=1S/C19H20N6O/c1-24-18(26)11-16(15-7-8-20-13-22-15)23-19(24)25-10-9-21-17(12-25)14-5-3-2-4-6-14/h2-8,11,13,17,21H,9-10,12H2,1H3. The summed E-state index contributed by atoms with van der Waals surface area (Å²) in [6.45, 7) is 2.36. The molecule has 26 heavy (non-hydrogen) atoms. The van der Waals surface area contributed by atoms with Crippen LogP contribution < -0.4 is 15.8 Å². The Morgan fingerprint density at radius 3 is 2.77 bits per heavy atom. The zero-order valence-corrected chi connectivity index (χ0v) is 14.5. The van der Waals surface area contributed by atoms with Crippen LogP contribution in [0.5, 0.6) is 0 Å². The number of benzene rings is 1. The summed E-state index contributed by atoms with van der Waals surface area (Å²) < 4.78 is 1.60. The zero-order chi connectivity index (χ0) is 17.9. The third-order valence-electron chi connectivity index (χ3n) is 4.62. The molecule has 2 aromatic heterocycles. The Morgan fingerprint density at radius 1 is 1.15 bits per heavy atom. The predicted octanol–water partition coefficient (Wildman–Crippen LogP) is 1.39. The maximum atomic E-state index is 12.5. The fraction of sp³-hybridized carbons (Fsp3) is 0.263. The van der Waals surface area contributed by atoms with E-state index in [4.69, 9.17) is 4.98 Å². The van der Waals surface area contributed by atoms with Crippen molar-refractivity contribution in [2.24, 2.45) is 7.05 Å². The molecule has 1 N–H and O–H groups in total. The smallest absolute Gasteiger partial charge is 0.255 e. The van der Waals surface area contributed by atoms with E-state index in [0.717, 1.165) is 19.6 Å². The lowest BCUT2D eigenvalue weighted by molar-refractivity contribution is 0.462. The lowest BCUT2D eigenvalue weighted by Crippen LogP contribution is -2.47. The largest absolute Gasteiger partial charge is 0.339 e. The van der Waals surface area contributed by atoms with Gasteiger partial charge in [0.05, 0.1) is 11.4 Å². The minimum atomic E-state index is -0.0987. The van der Waals surface area contributed by atoms with Crippen LogP contribution in [0.2, 0.25) is 0 Å². The second kappa shape index (κ2) is 7.05. The van der Waals surface area contributed by atoms with Gasteiger partial charge in [-0.05, 0) is 11.6 Å². The summed E-state index contributed by atoms with van der Waals surface area (Å²) in [4.78, 5) is 27.5. The van der Waals surface area contributed by atoms with Crippen LogP contribution >= 0.6 is 0 Å². The quantitative estimate of drug-likeness (QED) is 0.771. The summed E-state index contributed by atoms with van der Waals surface area (Å²) in [7, 11) is 1.76. The molecular weight excluding hydrogens is 328 g/mol. The van der Waals surface area contributed by atoms with Gasteiger partial charge in [-0.15, -0.1) is 0 Å². The Balaban J connectivity index is 1.68. The molecular formula is C19H20N6O. The normalized spacial score (nSPS) is 17.3. The van der Waals surface area contributed by atoms with Crippen molar-refractivity contribution < 1.29 is 0 Å². The highest BCUT2D eigenvalue weighted by molar-refractivity contribution is 5.55. The molecule has 132 valence electrons. The van der Waals surface area contributed by atoms with Crippen molar-refractivity contribution in [1.29, 1.82) is 0 Å². The molecule has 0 spiro atoms. The third kappa shape index (κ3) is 3.21. The molecule has 1 aliphatic rings. The average Bonchev–Trinajstić information content (AvgIpc) is 2.71. The molecule has 1 atom stereocenters. The molecule has 3 heterocycles. The molecule has 1 unspecified atom stereocenters. The van der Waals surface area contributed by atoms with Crippen LogP contribution in [0, 0.1) is 0 Å². The summed E-state index contributed by atoms with van der Waals surface area (Å²) in [6, 6.07) is 13.8. The first-order valence-corrected chi connectivity index (χ1v) is 8.60. The molecule has 0 bridgehead atoms. The molecule has 4 rings (SSSR count). The van der Waals surface area contributed by atoms with E-state index in [0.29, 0.717) is 17.3 Å². The van der Waals surface area contributed by atoms with Crippen LogP contribution in [0.1, 0.15) is 11.6 Å². The van der Waals surface area contributed by atoms with Gasteiger partial charge < -0.3 is 10.2 Å². The monoisotopic (exact) mass is 348 g/mol. The second-order valence-corrected chi connectivity index (χ2v) is 6.30. The zero-order valence-electron chi connectivity index (χ0n) is 14.5. The van der Waals surface area contributed by atoms with E-state index in [9.17, 15) is 4.79 Å². The predicted molar refractivity (Wildman–Crippen MR) is 99.9 cm³/mol. The number of anilines is 1. The topological polar surface area (TPSA) is 75.9 Å². The first-order chi connectivity index (χ1) is 12.7. The summed E-state index contributed by atoms with van der Waals surface area (Å²) >= 11 is 0. The van der Waals surface area contributed by atoms with E-state index in [1.165, 1.54) is 18.0 Å². The minimum Gasteiger partial charge on any atom is -0.339 e. The number of hydrogen-bond donors (Lipinski definition) is 1. The number of nitrogens with zero attached hydrogens (tertiary/aromatic N) is 5. The van der Waals surface area contributed by atoms with Crippen molar-refractivity contribution in [2.75, 3.05) is 24.5 Å². The van der Waals surface area contributed by atoms with Crippen molar-refractivity contribution in [3.8, 4) is 11.4 Å².